The van der Waals surface area contributed by atoms with Crippen molar-refractivity contribution in [1.29, 1.82) is 0 Å². The number of nitrogens with zero attached hydrogens (tertiary/aromatic N) is 6. The second-order valence-electron chi connectivity index (χ2n) is 8.61. The summed E-state index contributed by atoms with van der Waals surface area (Å²) in [6.07, 6.45) is 5.90. The molecule has 4 rings (SSSR count). The first-order valence-electron chi connectivity index (χ1n) is 10.7. The Morgan fingerprint density at radius 1 is 1.20 bits per heavy atom. The first-order valence-corrected chi connectivity index (χ1v) is 10.7. The zero-order valence-electron chi connectivity index (χ0n) is 18.6. The number of aryl methyl sites for hydroxylation is 1. The van der Waals surface area contributed by atoms with Crippen LogP contribution in [0.15, 0.2) is 43.0 Å². The molecule has 0 amide bonds. The Labute approximate surface area is 180 Å². The van der Waals surface area contributed by atoms with Gasteiger partial charge in [0.2, 0.25) is 0 Å². The SMILES string of the molecule is C=C(Nc1cncc(C)c1)N1CCCN(C)c2ccc(N3CC[C@H](N(C)C)C3)nc21. The number of anilines is 4. The highest BCUT2D eigenvalue weighted by Gasteiger charge is 2.28. The molecule has 7 nitrogen and oxygen atoms in total. The second-order valence-corrected chi connectivity index (χ2v) is 8.61. The molecule has 1 N–H and O–H groups in total. The average Bonchev–Trinajstić information content (AvgIpc) is 3.15. The van der Waals surface area contributed by atoms with Crippen LogP contribution >= 0.6 is 0 Å². The van der Waals surface area contributed by atoms with Crippen molar-refractivity contribution in [2.45, 2.75) is 25.8 Å². The van der Waals surface area contributed by atoms with E-state index in [4.69, 9.17) is 4.98 Å². The van der Waals surface area contributed by atoms with E-state index in [0.29, 0.717) is 6.04 Å². The van der Waals surface area contributed by atoms with Crippen LogP contribution in [-0.4, -0.2) is 68.2 Å². The smallest absolute Gasteiger partial charge is 0.160 e. The molecule has 2 aromatic rings. The average molecular weight is 408 g/mol. The molecule has 30 heavy (non-hydrogen) atoms. The largest absolute Gasteiger partial charge is 0.372 e. The van der Waals surface area contributed by atoms with Gasteiger partial charge in [0.1, 0.15) is 11.6 Å². The van der Waals surface area contributed by atoms with Gasteiger partial charge in [-0.1, -0.05) is 6.58 Å². The lowest BCUT2D eigenvalue weighted by Gasteiger charge is -2.29. The monoisotopic (exact) mass is 407 g/mol. The van der Waals surface area contributed by atoms with Crippen LogP contribution in [0.2, 0.25) is 0 Å². The molecule has 0 aromatic carbocycles. The number of fused-ring (bicyclic) bond motifs is 1. The van der Waals surface area contributed by atoms with Crippen LogP contribution in [0.4, 0.5) is 23.0 Å². The third kappa shape index (κ3) is 4.21. The zero-order valence-corrected chi connectivity index (χ0v) is 18.6. The van der Waals surface area contributed by atoms with Gasteiger partial charge >= 0.3 is 0 Å². The predicted molar refractivity (Wildman–Crippen MR) is 126 cm³/mol. The fourth-order valence-corrected chi connectivity index (χ4v) is 4.29. The molecule has 2 aliphatic rings. The molecular formula is C23H33N7. The molecule has 1 atom stereocenters. The van der Waals surface area contributed by atoms with Gasteiger partial charge < -0.3 is 24.9 Å². The van der Waals surface area contributed by atoms with Crippen LogP contribution in [0, 0.1) is 6.92 Å². The Balaban J connectivity index is 1.62. The molecule has 160 valence electrons. The van der Waals surface area contributed by atoms with Crippen LogP contribution in [0.5, 0.6) is 0 Å². The van der Waals surface area contributed by atoms with E-state index in [1.165, 1.54) is 6.42 Å². The summed E-state index contributed by atoms with van der Waals surface area (Å²) in [6.45, 7) is 10.3. The number of nitrogens with one attached hydrogen (secondary N) is 1. The number of rotatable bonds is 5. The summed E-state index contributed by atoms with van der Waals surface area (Å²) in [5.74, 6) is 2.85. The highest BCUT2D eigenvalue weighted by molar-refractivity contribution is 5.73. The fraction of sp³-hybridized carbons (Fsp3) is 0.478. The molecule has 0 saturated carbocycles. The standard InChI is InChI=1S/C23H33N7/c1-17-13-19(15-24-14-17)25-18(2)30-11-6-10-28(5)21-7-8-22(26-23(21)30)29-12-9-20(16-29)27(3)4/h7-8,13-15,20,25H,2,6,9-12,16H2,1,3-5H3/t20-/m0/s1. The summed E-state index contributed by atoms with van der Waals surface area (Å²) in [5, 5.41) is 3.44. The summed E-state index contributed by atoms with van der Waals surface area (Å²) in [4.78, 5) is 18.6. The minimum atomic E-state index is 0.579. The minimum Gasteiger partial charge on any atom is -0.372 e. The minimum absolute atomic E-state index is 0.579. The van der Waals surface area contributed by atoms with Gasteiger partial charge in [0.05, 0.1) is 17.6 Å². The molecule has 0 spiro atoms. The van der Waals surface area contributed by atoms with Crippen molar-refractivity contribution in [1.82, 2.24) is 14.9 Å². The molecule has 2 aromatic heterocycles. The van der Waals surface area contributed by atoms with E-state index in [-0.39, 0.29) is 0 Å². The molecular weight excluding hydrogens is 374 g/mol. The van der Waals surface area contributed by atoms with Crippen LogP contribution < -0.4 is 20.0 Å². The Bertz CT molecular complexity index is 910. The van der Waals surface area contributed by atoms with E-state index in [9.17, 15) is 0 Å². The first kappa shape index (κ1) is 20.5. The highest BCUT2D eigenvalue weighted by atomic mass is 15.3. The van der Waals surface area contributed by atoms with Gasteiger partial charge in [0.15, 0.2) is 5.82 Å². The van der Waals surface area contributed by atoms with Crippen molar-refractivity contribution in [3.63, 3.8) is 0 Å². The van der Waals surface area contributed by atoms with Crippen LogP contribution in [0.1, 0.15) is 18.4 Å². The lowest BCUT2D eigenvalue weighted by atomic mass is 10.2. The van der Waals surface area contributed by atoms with Crippen LogP contribution in [0.3, 0.4) is 0 Å². The lowest BCUT2D eigenvalue weighted by molar-refractivity contribution is 0.315. The normalized spacial score (nSPS) is 19.1. The van der Waals surface area contributed by atoms with E-state index in [0.717, 1.165) is 67.0 Å². The Hall–Kier alpha value is -2.80. The number of aromatic nitrogens is 2. The van der Waals surface area contributed by atoms with Gasteiger partial charge in [-0.15, -0.1) is 0 Å². The maximum Gasteiger partial charge on any atom is 0.160 e. The third-order valence-corrected chi connectivity index (χ3v) is 6.09. The van der Waals surface area contributed by atoms with Gasteiger partial charge in [-0.2, -0.15) is 0 Å². The van der Waals surface area contributed by atoms with Crippen molar-refractivity contribution in [3.8, 4) is 0 Å². The van der Waals surface area contributed by atoms with Gasteiger partial charge in [-0.25, -0.2) is 4.98 Å². The van der Waals surface area contributed by atoms with E-state index in [1.54, 1.807) is 0 Å². The molecule has 0 radical (unpaired) electrons. The second kappa shape index (κ2) is 8.52. The van der Waals surface area contributed by atoms with E-state index in [2.05, 4.69) is 75.8 Å². The maximum atomic E-state index is 5.14. The molecule has 2 aliphatic heterocycles. The lowest BCUT2D eigenvalue weighted by Crippen LogP contribution is -2.32. The molecule has 1 saturated heterocycles. The quantitative estimate of drug-likeness (QED) is 0.817. The number of hydrogen-bond donors (Lipinski definition) is 1. The van der Waals surface area contributed by atoms with Crippen molar-refractivity contribution in [2.24, 2.45) is 0 Å². The topological polar surface area (TPSA) is 50.8 Å². The van der Waals surface area contributed by atoms with Crippen molar-refractivity contribution < 1.29 is 0 Å². The van der Waals surface area contributed by atoms with Gasteiger partial charge in [0, 0.05) is 45.5 Å². The number of hydrogen-bond acceptors (Lipinski definition) is 7. The highest BCUT2D eigenvalue weighted by Crippen LogP contribution is 2.35. The summed E-state index contributed by atoms with van der Waals surface area (Å²) < 4.78 is 0. The van der Waals surface area contributed by atoms with Crippen molar-refractivity contribution in [2.75, 3.05) is 67.3 Å². The van der Waals surface area contributed by atoms with Crippen molar-refractivity contribution >= 4 is 23.0 Å². The molecule has 1 fully saturated rings. The van der Waals surface area contributed by atoms with Gasteiger partial charge in [0.25, 0.3) is 0 Å². The molecule has 0 unspecified atom stereocenters. The van der Waals surface area contributed by atoms with Crippen LogP contribution in [-0.2, 0) is 0 Å². The van der Waals surface area contributed by atoms with Crippen molar-refractivity contribution in [3.05, 3.63) is 48.6 Å². The zero-order chi connectivity index (χ0) is 21.3. The Kier molecular flexibility index (Phi) is 5.81. The molecule has 0 aliphatic carbocycles. The third-order valence-electron chi connectivity index (χ3n) is 6.09. The Morgan fingerprint density at radius 3 is 2.77 bits per heavy atom. The fourth-order valence-electron chi connectivity index (χ4n) is 4.29. The summed E-state index contributed by atoms with van der Waals surface area (Å²) in [6, 6.07) is 7.03. The molecule has 0 bridgehead atoms. The van der Waals surface area contributed by atoms with E-state index in [1.807, 2.05) is 19.3 Å². The summed E-state index contributed by atoms with van der Waals surface area (Å²) >= 11 is 0. The van der Waals surface area contributed by atoms with Crippen LogP contribution in [0.25, 0.3) is 0 Å². The predicted octanol–water partition coefficient (Wildman–Crippen LogP) is 3.15. The van der Waals surface area contributed by atoms with E-state index < -0.39 is 0 Å². The Morgan fingerprint density at radius 2 is 2.03 bits per heavy atom. The van der Waals surface area contributed by atoms with Gasteiger partial charge in [-0.05, 0) is 57.6 Å². The summed E-state index contributed by atoms with van der Waals surface area (Å²) in [7, 11) is 6.46. The maximum absolute atomic E-state index is 5.14. The number of pyridine rings is 2. The molecule has 4 heterocycles. The first-order chi connectivity index (χ1) is 14.4. The van der Waals surface area contributed by atoms with Gasteiger partial charge in [-0.3, -0.25) is 4.98 Å². The number of likely N-dealkylation sites (N-methyl/N-ethyl adjacent to an activating group) is 1. The molecule has 7 heteroatoms. The van der Waals surface area contributed by atoms with E-state index >= 15 is 0 Å². The summed E-state index contributed by atoms with van der Waals surface area (Å²) in [5.41, 5.74) is 3.21.